The second-order valence-electron chi connectivity index (χ2n) is 5.09. The zero-order valence-corrected chi connectivity index (χ0v) is 12.8. The zero-order valence-electron chi connectivity index (χ0n) is 12.8. The molecule has 0 spiro atoms. The van der Waals surface area contributed by atoms with Crippen LogP contribution in [0, 0.1) is 6.92 Å². The molecule has 0 saturated heterocycles. The topological polar surface area (TPSA) is 65.5 Å². The highest BCUT2D eigenvalue weighted by Crippen LogP contribution is 2.39. The van der Waals surface area contributed by atoms with E-state index in [1.807, 2.05) is 6.07 Å². The predicted octanol–water partition coefficient (Wildman–Crippen LogP) is 3.32. The van der Waals surface area contributed by atoms with Crippen molar-refractivity contribution in [1.82, 2.24) is 4.98 Å². The highest BCUT2D eigenvalue weighted by Gasteiger charge is 2.30. The summed E-state index contributed by atoms with van der Waals surface area (Å²) < 4.78 is 10.9. The number of Topliss-reactive ketones (excluding diaryl/α,β-unsaturated/α-hetero) is 1. The number of nitrogens with zero attached hydrogens (tertiary/aromatic N) is 1. The molecule has 0 amide bonds. The van der Waals surface area contributed by atoms with Gasteiger partial charge in [0.05, 0.1) is 11.3 Å². The number of carbonyl (C=O) groups is 2. The monoisotopic (exact) mass is 309 g/mol. The van der Waals surface area contributed by atoms with E-state index in [1.165, 1.54) is 0 Å². The van der Waals surface area contributed by atoms with Crippen molar-refractivity contribution in [3.63, 3.8) is 0 Å². The number of pyridine rings is 1. The molecule has 116 valence electrons. The average Bonchev–Trinajstić information content (AvgIpc) is 2.88. The van der Waals surface area contributed by atoms with Crippen molar-refractivity contribution in [1.29, 1.82) is 0 Å². The number of esters is 1. The third kappa shape index (κ3) is 2.85. The molecule has 0 bridgehead atoms. The van der Waals surface area contributed by atoms with Gasteiger partial charge in [0.1, 0.15) is 11.5 Å². The van der Waals surface area contributed by atoms with Gasteiger partial charge in [-0.15, -0.1) is 0 Å². The number of rotatable bonds is 3. The standard InChI is InChI=1S/C18H15NO4/c1-3-16(20)22-14-8-7-13-17(21)15(23-18(13)11(14)2)10-12-6-4-5-9-19-12/h4-10H,3H2,1-2H3/b15-10-. The van der Waals surface area contributed by atoms with Gasteiger partial charge in [0.15, 0.2) is 5.76 Å². The van der Waals surface area contributed by atoms with Crippen LogP contribution in [-0.4, -0.2) is 16.7 Å². The van der Waals surface area contributed by atoms with Crippen molar-refractivity contribution in [2.24, 2.45) is 0 Å². The molecule has 1 aliphatic rings. The number of ether oxygens (including phenoxy) is 2. The Hall–Kier alpha value is -2.95. The molecule has 0 aliphatic carbocycles. The molecular weight excluding hydrogens is 294 g/mol. The Balaban J connectivity index is 1.95. The van der Waals surface area contributed by atoms with E-state index in [9.17, 15) is 9.59 Å². The minimum absolute atomic E-state index is 0.206. The number of benzene rings is 1. The number of aromatic nitrogens is 1. The normalized spacial score (nSPS) is 14.5. The van der Waals surface area contributed by atoms with Gasteiger partial charge in [-0.1, -0.05) is 13.0 Å². The van der Waals surface area contributed by atoms with Gasteiger partial charge in [-0.3, -0.25) is 14.6 Å². The minimum atomic E-state index is -0.332. The lowest BCUT2D eigenvalue weighted by molar-refractivity contribution is -0.134. The zero-order chi connectivity index (χ0) is 16.4. The Labute approximate surface area is 133 Å². The largest absolute Gasteiger partial charge is 0.452 e. The van der Waals surface area contributed by atoms with Crippen molar-refractivity contribution in [3.8, 4) is 11.5 Å². The van der Waals surface area contributed by atoms with Crippen LogP contribution in [0.3, 0.4) is 0 Å². The van der Waals surface area contributed by atoms with Crippen LogP contribution in [0.1, 0.15) is 35.0 Å². The third-order valence-electron chi connectivity index (χ3n) is 3.52. The quantitative estimate of drug-likeness (QED) is 0.494. The molecule has 3 rings (SSSR count). The summed E-state index contributed by atoms with van der Waals surface area (Å²) >= 11 is 0. The molecule has 1 aliphatic heterocycles. The Morgan fingerprint density at radius 3 is 2.83 bits per heavy atom. The fourth-order valence-electron chi connectivity index (χ4n) is 2.27. The SMILES string of the molecule is CCC(=O)Oc1ccc2c(c1C)O/C(=C\c1ccccn1)C2=O. The summed E-state index contributed by atoms with van der Waals surface area (Å²) in [4.78, 5) is 28.0. The lowest BCUT2D eigenvalue weighted by Crippen LogP contribution is -2.06. The molecule has 0 N–H and O–H groups in total. The van der Waals surface area contributed by atoms with E-state index in [2.05, 4.69) is 4.98 Å². The van der Waals surface area contributed by atoms with E-state index in [4.69, 9.17) is 9.47 Å². The summed E-state index contributed by atoms with van der Waals surface area (Å²) in [6.07, 6.45) is 3.52. The van der Waals surface area contributed by atoms with Crippen LogP contribution >= 0.6 is 0 Å². The molecular formula is C18H15NO4. The highest BCUT2D eigenvalue weighted by molar-refractivity contribution is 6.14. The van der Waals surface area contributed by atoms with E-state index in [0.29, 0.717) is 28.3 Å². The van der Waals surface area contributed by atoms with Crippen molar-refractivity contribution in [2.45, 2.75) is 20.3 Å². The lowest BCUT2D eigenvalue weighted by atomic mass is 10.1. The van der Waals surface area contributed by atoms with Gasteiger partial charge < -0.3 is 9.47 Å². The van der Waals surface area contributed by atoms with Crippen LogP contribution in [-0.2, 0) is 4.79 Å². The Morgan fingerprint density at radius 2 is 2.13 bits per heavy atom. The maximum absolute atomic E-state index is 12.4. The number of carbonyl (C=O) groups excluding carboxylic acids is 2. The van der Waals surface area contributed by atoms with Crippen LogP contribution in [0.5, 0.6) is 11.5 Å². The van der Waals surface area contributed by atoms with Crippen molar-refractivity contribution in [2.75, 3.05) is 0 Å². The van der Waals surface area contributed by atoms with Crippen molar-refractivity contribution >= 4 is 17.8 Å². The maximum atomic E-state index is 12.4. The summed E-state index contributed by atoms with van der Waals surface area (Å²) in [6, 6.07) is 8.65. The van der Waals surface area contributed by atoms with Crippen molar-refractivity contribution < 1.29 is 19.1 Å². The summed E-state index contributed by atoms with van der Waals surface area (Å²) in [5, 5.41) is 0. The van der Waals surface area contributed by atoms with Gasteiger partial charge in [0, 0.05) is 24.3 Å². The molecule has 0 unspecified atom stereocenters. The molecule has 5 heteroatoms. The molecule has 1 aromatic heterocycles. The van der Waals surface area contributed by atoms with E-state index in [0.717, 1.165) is 0 Å². The molecule has 5 nitrogen and oxygen atoms in total. The van der Waals surface area contributed by atoms with Crippen molar-refractivity contribution in [3.05, 3.63) is 59.1 Å². The van der Waals surface area contributed by atoms with Gasteiger partial charge in [-0.25, -0.2) is 0 Å². The number of fused-ring (bicyclic) bond motifs is 1. The average molecular weight is 309 g/mol. The number of hydrogen-bond acceptors (Lipinski definition) is 5. The van der Waals surface area contributed by atoms with E-state index in [-0.39, 0.29) is 23.9 Å². The second kappa shape index (κ2) is 6.04. The molecule has 23 heavy (non-hydrogen) atoms. The molecule has 0 fully saturated rings. The molecule has 0 atom stereocenters. The third-order valence-corrected chi connectivity index (χ3v) is 3.52. The van der Waals surface area contributed by atoms with Gasteiger partial charge in [-0.2, -0.15) is 0 Å². The van der Waals surface area contributed by atoms with E-state index in [1.54, 1.807) is 50.4 Å². The Kier molecular flexibility index (Phi) is 3.93. The van der Waals surface area contributed by atoms with Crippen LogP contribution in [0.2, 0.25) is 0 Å². The Morgan fingerprint density at radius 1 is 1.30 bits per heavy atom. The van der Waals surface area contributed by atoms with Crippen LogP contribution in [0.4, 0.5) is 0 Å². The first-order valence-electron chi connectivity index (χ1n) is 7.29. The molecule has 1 aromatic carbocycles. The highest BCUT2D eigenvalue weighted by atomic mass is 16.5. The van der Waals surface area contributed by atoms with Gasteiger partial charge >= 0.3 is 5.97 Å². The summed E-state index contributed by atoms with van der Waals surface area (Å²) in [6.45, 7) is 3.48. The number of ketones is 1. The minimum Gasteiger partial charge on any atom is -0.452 e. The van der Waals surface area contributed by atoms with Gasteiger partial charge in [0.25, 0.3) is 0 Å². The predicted molar refractivity (Wildman–Crippen MR) is 84.3 cm³/mol. The molecule has 2 heterocycles. The smallest absolute Gasteiger partial charge is 0.310 e. The first-order valence-corrected chi connectivity index (χ1v) is 7.29. The van der Waals surface area contributed by atoms with Gasteiger partial charge in [0.2, 0.25) is 5.78 Å². The molecule has 2 aromatic rings. The van der Waals surface area contributed by atoms with Crippen LogP contribution in [0.25, 0.3) is 6.08 Å². The fraction of sp³-hybridized carbons (Fsp3) is 0.167. The van der Waals surface area contributed by atoms with E-state index < -0.39 is 0 Å². The first kappa shape index (κ1) is 15.0. The van der Waals surface area contributed by atoms with E-state index >= 15 is 0 Å². The number of hydrogen-bond donors (Lipinski definition) is 0. The summed E-state index contributed by atoms with van der Waals surface area (Å²) in [7, 11) is 0. The number of allylic oxidation sites excluding steroid dienone is 1. The first-order chi connectivity index (χ1) is 11.1. The fourth-order valence-corrected chi connectivity index (χ4v) is 2.27. The Bertz CT molecular complexity index is 809. The van der Waals surface area contributed by atoms with Crippen LogP contribution < -0.4 is 9.47 Å². The molecule has 0 saturated carbocycles. The summed E-state index contributed by atoms with van der Waals surface area (Å²) in [5.41, 5.74) is 1.72. The van der Waals surface area contributed by atoms with Gasteiger partial charge in [-0.05, 0) is 31.2 Å². The summed E-state index contributed by atoms with van der Waals surface area (Å²) in [5.74, 6) is 0.505. The molecule has 0 radical (unpaired) electrons. The second-order valence-corrected chi connectivity index (χ2v) is 5.09. The maximum Gasteiger partial charge on any atom is 0.310 e. The van der Waals surface area contributed by atoms with Crippen LogP contribution in [0.15, 0.2) is 42.3 Å². The lowest BCUT2D eigenvalue weighted by Gasteiger charge is -2.09.